The number of piperidine rings is 1. The molecule has 1 rings (SSSR count). The van der Waals surface area contributed by atoms with Gasteiger partial charge in [0.25, 0.3) is 0 Å². The van der Waals surface area contributed by atoms with Crippen LogP contribution in [0.1, 0.15) is 39.0 Å². The molecule has 5 nitrogen and oxygen atoms in total. The Balaban J connectivity index is 2.28. The van der Waals surface area contributed by atoms with E-state index in [-0.39, 0.29) is 17.9 Å². The fourth-order valence-electron chi connectivity index (χ4n) is 2.70. The summed E-state index contributed by atoms with van der Waals surface area (Å²) in [5, 5.41) is 15.0. The van der Waals surface area contributed by atoms with Crippen molar-refractivity contribution in [2.45, 2.75) is 39.0 Å². The van der Waals surface area contributed by atoms with E-state index in [4.69, 9.17) is 9.84 Å². The van der Waals surface area contributed by atoms with Crippen LogP contribution in [0.15, 0.2) is 0 Å². The van der Waals surface area contributed by atoms with Gasteiger partial charge in [-0.05, 0) is 32.2 Å². The van der Waals surface area contributed by atoms with Gasteiger partial charge < -0.3 is 20.5 Å². The van der Waals surface area contributed by atoms with E-state index >= 15 is 0 Å². The molecule has 0 aromatic rings. The summed E-state index contributed by atoms with van der Waals surface area (Å²) in [4.78, 5) is 12.4. The first kappa shape index (κ1) is 16.4. The molecule has 1 heterocycles. The largest absolute Gasteiger partial charge is 0.394 e. The Bertz CT molecular complexity index is 248. The summed E-state index contributed by atoms with van der Waals surface area (Å²) in [6.07, 6.45) is 4.84. The quantitative estimate of drug-likeness (QED) is 0.540. The average molecular weight is 272 g/mol. The van der Waals surface area contributed by atoms with Crippen LogP contribution in [0.4, 0.5) is 0 Å². The molecule has 1 saturated heterocycles. The van der Waals surface area contributed by atoms with Crippen LogP contribution in [0, 0.1) is 5.41 Å². The number of rotatable bonds is 9. The van der Waals surface area contributed by atoms with Crippen molar-refractivity contribution in [1.82, 2.24) is 10.6 Å². The third kappa shape index (κ3) is 5.47. The van der Waals surface area contributed by atoms with Crippen LogP contribution in [-0.2, 0) is 9.53 Å². The Morgan fingerprint density at radius 3 is 2.95 bits per heavy atom. The van der Waals surface area contributed by atoms with Crippen molar-refractivity contribution in [3.05, 3.63) is 0 Å². The highest BCUT2D eigenvalue weighted by Gasteiger charge is 2.38. The maximum Gasteiger partial charge on any atom is 0.227 e. The molecule has 1 fully saturated rings. The third-order valence-corrected chi connectivity index (χ3v) is 3.67. The smallest absolute Gasteiger partial charge is 0.227 e. The van der Waals surface area contributed by atoms with E-state index in [0.717, 1.165) is 45.2 Å². The molecular weight excluding hydrogens is 244 g/mol. The Morgan fingerprint density at radius 2 is 2.32 bits per heavy atom. The lowest BCUT2D eigenvalue weighted by Crippen LogP contribution is -2.50. The van der Waals surface area contributed by atoms with E-state index in [9.17, 15) is 4.79 Å². The highest BCUT2D eigenvalue weighted by molar-refractivity contribution is 5.83. The standard InChI is InChI=1S/C14H28N2O3/c1-2-5-14(6-3-7-15-12-14)13(18)16-8-4-10-19-11-9-17/h15,17H,2-12H2,1H3,(H,16,18). The number of aliphatic hydroxyl groups is 1. The lowest BCUT2D eigenvalue weighted by atomic mass is 9.76. The molecular formula is C14H28N2O3. The molecule has 1 aliphatic heterocycles. The molecule has 1 unspecified atom stereocenters. The molecule has 0 aromatic carbocycles. The van der Waals surface area contributed by atoms with Gasteiger partial charge in [0.1, 0.15) is 0 Å². The van der Waals surface area contributed by atoms with Crippen molar-refractivity contribution in [3.8, 4) is 0 Å². The Labute approximate surface area is 116 Å². The molecule has 19 heavy (non-hydrogen) atoms. The molecule has 5 heteroatoms. The molecule has 0 spiro atoms. The molecule has 1 atom stereocenters. The van der Waals surface area contributed by atoms with E-state index in [1.165, 1.54) is 0 Å². The van der Waals surface area contributed by atoms with Gasteiger partial charge >= 0.3 is 0 Å². The molecule has 0 aliphatic carbocycles. The average Bonchev–Trinajstić information content (AvgIpc) is 2.44. The van der Waals surface area contributed by atoms with Crippen LogP contribution < -0.4 is 10.6 Å². The number of carbonyl (C=O) groups is 1. The highest BCUT2D eigenvalue weighted by atomic mass is 16.5. The zero-order valence-electron chi connectivity index (χ0n) is 12.0. The zero-order chi connectivity index (χ0) is 14.0. The monoisotopic (exact) mass is 272 g/mol. The Hall–Kier alpha value is -0.650. The Morgan fingerprint density at radius 1 is 1.47 bits per heavy atom. The summed E-state index contributed by atoms with van der Waals surface area (Å²) in [6, 6.07) is 0. The van der Waals surface area contributed by atoms with Crippen LogP contribution in [0.3, 0.4) is 0 Å². The normalized spacial score (nSPS) is 23.3. The number of amides is 1. The number of hydrogen-bond donors (Lipinski definition) is 3. The SMILES string of the molecule is CCCC1(C(=O)NCCCOCCO)CCCNC1. The van der Waals surface area contributed by atoms with Gasteiger partial charge in [0, 0.05) is 19.7 Å². The van der Waals surface area contributed by atoms with E-state index in [1.807, 2.05) is 0 Å². The van der Waals surface area contributed by atoms with Gasteiger partial charge in [-0.3, -0.25) is 4.79 Å². The van der Waals surface area contributed by atoms with Gasteiger partial charge in [-0.15, -0.1) is 0 Å². The lowest BCUT2D eigenvalue weighted by Gasteiger charge is -2.36. The van der Waals surface area contributed by atoms with Gasteiger partial charge in [-0.2, -0.15) is 0 Å². The predicted molar refractivity (Wildman–Crippen MR) is 75.0 cm³/mol. The minimum absolute atomic E-state index is 0.0532. The molecule has 1 amide bonds. The number of carbonyl (C=O) groups excluding carboxylic acids is 1. The second kappa shape index (κ2) is 9.28. The first-order valence-electron chi connectivity index (χ1n) is 7.43. The van der Waals surface area contributed by atoms with Crippen LogP contribution in [-0.4, -0.2) is 50.5 Å². The summed E-state index contributed by atoms with van der Waals surface area (Å²) in [6.45, 7) is 5.61. The summed E-state index contributed by atoms with van der Waals surface area (Å²) >= 11 is 0. The van der Waals surface area contributed by atoms with Gasteiger partial charge in [0.15, 0.2) is 0 Å². The zero-order valence-corrected chi connectivity index (χ0v) is 12.0. The maximum atomic E-state index is 12.4. The molecule has 3 N–H and O–H groups in total. The van der Waals surface area contributed by atoms with E-state index in [1.54, 1.807) is 0 Å². The van der Waals surface area contributed by atoms with Crippen LogP contribution in [0.2, 0.25) is 0 Å². The van der Waals surface area contributed by atoms with Crippen molar-refractivity contribution in [3.63, 3.8) is 0 Å². The summed E-state index contributed by atoms with van der Waals surface area (Å²) in [7, 11) is 0. The van der Waals surface area contributed by atoms with Crippen molar-refractivity contribution in [1.29, 1.82) is 0 Å². The van der Waals surface area contributed by atoms with Crippen LogP contribution in [0.25, 0.3) is 0 Å². The Kier molecular flexibility index (Phi) is 8.02. The van der Waals surface area contributed by atoms with Gasteiger partial charge in [-0.25, -0.2) is 0 Å². The van der Waals surface area contributed by atoms with Crippen molar-refractivity contribution >= 4 is 5.91 Å². The molecule has 1 aliphatic rings. The number of hydrogen-bond acceptors (Lipinski definition) is 4. The molecule has 0 saturated carbocycles. The van der Waals surface area contributed by atoms with E-state index in [2.05, 4.69) is 17.6 Å². The minimum Gasteiger partial charge on any atom is -0.394 e. The van der Waals surface area contributed by atoms with Gasteiger partial charge in [0.2, 0.25) is 5.91 Å². The second-order valence-corrected chi connectivity index (χ2v) is 5.26. The van der Waals surface area contributed by atoms with Crippen molar-refractivity contribution in [2.75, 3.05) is 39.5 Å². The predicted octanol–water partition coefficient (Wildman–Crippen LogP) is 0.672. The third-order valence-electron chi connectivity index (χ3n) is 3.67. The van der Waals surface area contributed by atoms with E-state index < -0.39 is 0 Å². The summed E-state index contributed by atoms with van der Waals surface area (Å²) in [5.41, 5.74) is -0.209. The fourth-order valence-corrected chi connectivity index (χ4v) is 2.70. The second-order valence-electron chi connectivity index (χ2n) is 5.26. The van der Waals surface area contributed by atoms with Crippen LogP contribution in [0.5, 0.6) is 0 Å². The number of aliphatic hydroxyl groups excluding tert-OH is 1. The number of ether oxygens (including phenoxy) is 1. The van der Waals surface area contributed by atoms with Gasteiger partial charge in [0.05, 0.1) is 18.6 Å². The molecule has 112 valence electrons. The topological polar surface area (TPSA) is 70.6 Å². The molecule has 0 radical (unpaired) electrons. The summed E-state index contributed by atoms with van der Waals surface area (Å²) in [5.74, 6) is 0.184. The molecule has 0 aromatic heterocycles. The van der Waals surface area contributed by atoms with Crippen molar-refractivity contribution < 1.29 is 14.6 Å². The maximum absolute atomic E-state index is 12.4. The first-order chi connectivity index (χ1) is 9.25. The summed E-state index contributed by atoms with van der Waals surface area (Å²) < 4.78 is 5.17. The van der Waals surface area contributed by atoms with Crippen molar-refractivity contribution in [2.24, 2.45) is 5.41 Å². The van der Waals surface area contributed by atoms with Crippen LogP contribution >= 0.6 is 0 Å². The minimum atomic E-state index is -0.209. The number of nitrogens with one attached hydrogen (secondary N) is 2. The van der Waals surface area contributed by atoms with E-state index in [0.29, 0.717) is 19.8 Å². The highest BCUT2D eigenvalue weighted by Crippen LogP contribution is 2.31. The van der Waals surface area contributed by atoms with Gasteiger partial charge in [-0.1, -0.05) is 13.3 Å². The molecule has 0 bridgehead atoms. The first-order valence-corrected chi connectivity index (χ1v) is 7.43. The lowest BCUT2D eigenvalue weighted by molar-refractivity contribution is -0.132. The fraction of sp³-hybridized carbons (Fsp3) is 0.929.